The number of benzene rings is 1. The van der Waals surface area contributed by atoms with Crippen LogP contribution in [0, 0.1) is 0 Å². The minimum atomic E-state index is -0.0829. The van der Waals surface area contributed by atoms with Crippen molar-refractivity contribution in [2.75, 3.05) is 13.1 Å². The summed E-state index contributed by atoms with van der Waals surface area (Å²) >= 11 is 11.7. The van der Waals surface area contributed by atoms with Gasteiger partial charge in [0.25, 0.3) is 5.91 Å². The number of rotatable bonds is 2. The Morgan fingerprint density at radius 2 is 2.06 bits per heavy atom. The summed E-state index contributed by atoms with van der Waals surface area (Å²) < 4.78 is 0. The average Bonchev–Trinajstić information content (AvgIpc) is 2.61. The molecule has 5 heteroatoms. The molecule has 1 aliphatic heterocycles. The molecule has 3 nitrogen and oxygen atoms in total. The Kier molecular flexibility index (Phi) is 4.87. The number of hydrogen-bond acceptors (Lipinski definition) is 2. The van der Waals surface area contributed by atoms with Gasteiger partial charge in [-0.25, -0.2) is 0 Å². The summed E-state index contributed by atoms with van der Waals surface area (Å²) in [5.41, 5.74) is 0.557. The summed E-state index contributed by atoms with van der Waals surface area (Å²) in [5, 5.41) is 7.23. The van der Waals surface area contributed by atoms with Gasteiger partial charge in [0.2, 0.25) is 0 Å². The number of carbonyl (C=O) groups is 1. The summed E-state index contributed by atoms with van der Waals surface area (Å²) in [4.78, 5) is 12.1. The highest BCUT2D eigenvalue weighted by Gasteiger charge is 2.16. The van der Waals surface area contributed by atoms with E-state index in [4.69, 9.17) is 23.2 Å². The highest BCUT2D eigenvalue weighted by molar-refractivity contribution is 6.42. The van der Waals surface area contributed by atoms with Crippen molar-refractivity contribution in [1.29, 1.82) is 0 Å². The fraction of sp³-hybridized carbons (Fsp3) is 0.462. The molecule has 0 spiro atoms. The number of hydrogen-bond donors (Lipinski definition) is 2. The first-order chi connectivity index (χ1) is 8.66. The van der Waals surface area contributed by atoms with Gasteiger partial charge in [-0.15, -0.1) is 0 Å². The standard InChI is InChI=1S/C13H16Cl2N2O/c14-11-4-3-9(8-12(11)15)13(18)17-10-2-1-6-16-7-5-10/h3-4,8,10,16H,1-2,5-7H2,(H,17,18). The van der Waals surface area contributed by atoms with Gasteiger partial charge in [0.1, 0.15) is 0 Å². The van der Waals surface area contributed by atoms with Crippen molar-refractivity contribution in [3.63, 3.8) is 0 Å². The van der Waals surface area contributed by atoms with E-state index in [1.54, 1.807) is 18.2 Å². The molecule has 0 aliphatic carbocycles. The molecule has 2 N–H and O–H groups in total. The fourth-order valence-corrected chi connectivity index (χ4v) is 2.37. The largest absolute Gasteiger partial charge is 0.349 e. The van der Waals surface area contributed by atoms with Gasteiger partial charge in [-0.2, -0.15) is 0 Å². The Labute approximate surface area is 117 Å². The van der Waals surface area contributed by atoms with Gasteiger partial charge < -0.3 is 10.6 Å². The van der Waals surface area contributed by atoms with Crippen LogP contribution in [0.1, 0.15) is 29.6 Å². The second kappa shape index (κ2) is 6.41. The van der Waals surface area contributed by atoms with Crippen LogP contribution in [0.3, 0.4) is 0 Å². The second-order valence-electron chi connectivity index (χ2n) is 4.48. The van der Waals surface area contributed by atoms with E-state index in [0.29, 0.717) is 15.6 Å². The zero-order chi connectivity index (χ0) is 13.0. The van der Waals surface area contributed by atoms with Crippen LogP contribution in [0.15, 0.2) is 18.2 Å². The predicted octanol–water partition coefficient (Wildman–Crippen LogP) is 2.87. The molecular formula is C13H16Cl2N2O. The summed E-state index contributed by atoms with van der Waals surface area (Å²) in [7, 11) is 0. The molecule has 1 heterocycles. The number of carbonyl (C=O) groups excluding carboxylic acids is 1. The summed E-state index contributed by atoms with van der Waals surface area (Å²) in [6, 6.07) is 5.18. The predicted molar refractivity (Wildman–Crippen MR) is 74.4 cm³/mol. The third-order valence-corrected chi connectivity index (χ3v) is 3.83. The normalized spacial score (nSPS) is 20.2. The molecule has 1 fully saturated rings. The van der Waals surface area contributed by atoms with Crippen LogP contribution in [-0.4, -0.2) is 25.0 Å². The maximum atomic E-state index is 12.1. The lowest BCUT2D eigenvalue weighted by molar-refractivity contribution is 0.0934. The van der Waals surface area contributed by atoms with Gasteiger partial charge in [0.15, 0.2) is 0 Å². The van der Waals surface area contributed by atoms with E-state index in [0.717, 1.165) is 32.4 Å². The molecule has 1 saturated heterocycles. The molecule has 0 saturated carbocycles. The average molecular weight is 287 g/mol. The quantitative estimate of drug-likeness (QED) is 0.878. The molecule has 0 bridgehead atoms. The minimum Gasteiger partial charge on any atom is -0.349 e. The van der Waals surface area contributed by atoms with E-state index < -0.39 is 0 Å². The molecule has 1 aliphatic rings. The smallest absolute Gasteiger partial charge is 0.251 e. The van der Waals surface area contributed by atoms with Gasteiger partial charge in [-0.05, 0) is 50.6 Å². The zero-order valence-electron chi connectivity index (χ0n) is 10.0. The first kappa shape index (κ1) is 13.7. The monoisotopic (exact) mass is 286 g/mol. The molecule has 1 aromatic carbocycles. The maximum Gasteiger partial charge on any atom is 0.251 e. The lowest BCUT2D eigenvalue weighted by Crippen LogP contribution is -2.35. The Balaban J connectivity index is 1.99. The Morgan fingerprint density at radius 3 is 2.83 bits per heavy atom. The topological polar surface area (TPSA) is 41.1 Å². The van der Waals surface area contributed by atoms with E-state index in [1.807, 2.05) is 0 Å². The van der Waals surface area contributed by atoms with Crippen LogP contribution < -0.4 is 10.6 Å². The number of halogens is 2. The van der Waals surface area contributed by atoms with Crippen LogP contribution in [0.4, 0.5) is 0 Å². The van der Waals surface area contributed by atoms with Crippen LogP contribution in [0.5, 0.6) is 0 Å². The first-order valence-electron chi connectivity index (χ1n) is 6.13. The lowest BCUT2D eigenvalue weighted by Gasteiger charge is -2.16. The van der Waals surface area contributed by atoms with E-state index in [9.17, 15) is 4.79 Å². The third-order valence-electron chi connectivity index (χ3n) is 3.09. The molecule has 18 heavy (non-hydrogen) atoms. The van der Waals surface area contributed by atoms with E-state index >= 15 is 0 Å². The Bertz CT molecular complexity index is 429. The van der Waals surface area contributed by atoms with Gasteiger partial charge in [0.05, 0.1) is 10.0 Å². The molecule has 1 unspecified atom stereocenters. The Morgan fingerprint density at radius 1 is 1.22 bits per heavy atom. The summed E-state index contributed by atoms with van der Waals surface area (Å²) in [5.74, 6) is -0.0829. The first-order valence-corrected chi connectivity index (χ1v) is 6.89. The van der Waals surface area contributed by atoms with Crippen molar-refractivity contribution in [3.8, 4) is 0 Å². The molecule has 98 valence electrons. The Hall–Kier alpha value is -0.770. The van der Waals surface area contributed by atoms with Crippen LogP contribution in [0.2, 0.25) is 10.0 Å². The molecule has 0 aromatic heterocycles. The van der Waals surface area contributed by atoms with Crippen LogP contribution in [0.25, 0.3) is 0 Å². The van der Waals surface area contributed by atoms with Crippen LogP contribution >= 0.6 is 23.2 Å². The van der Waals surface area contributed by atoms with Crippen molar-refractivity contribution in [2.45, 2.75) is 25.3 Å². The van der Waals surface area contributed by atoms with E-state index in [-0.39, 0.29) is 11.9 Å². The maximum absolute atomic E-state index is 12.1. The van der Waals surface area contributed by atoms with E-state index in [2.05, 4.69) is 10.6 Å². The zero-order valence-corrected chi connectivity index (χ0v) is 11.5. The highest BCUT2D eigenvalue weighted by Crippen LogP contribution is 2.22. The van der Waals surface area contributed by atoms with Crippen molar-refractivity contribution >= 4 is 29.1 Å². The molecule has 2 rings (SSSR count). The molecule has 0 radical (unpaired) electrons. The van der Waals surface area contributed by atoms with Crippen molar-refractivity contribution in [1.82, 2.24) is 10.6 Å². The molecular weight excluding hydrogens is 271 g/mol. The lowest BCUT2D eigenvalue weighted by atomic mass is 10.1. The number of nitrogens with one attached hydrogen (secondary N) is 2. The molecule has 1 aromatic rings. The van der Waals surface area contributed by atoms with Crippen molar-refractivity contribution in [2.24, 2.45) is 0 Å². The van der Waals surface area contributed by atoms with Gasteiger partial charge in [0, 0.05) is 11.6 Å². The molecule has 1 atom stereocenters. The van der Waals surface area contributed by atoms with Gasteiger partial charge in [-0.3, -0.25) is 4.79 Å². The summed E-state index contributed by atoms with van der Waals surface area (Å²) in [6.07, 6.45) is 3.07. The van der Waals surface area contributed by atoms with Crippen LogP contribution in [-0.2, 0) is 0 Å². The molecule has 1 amide bonds. The third kappa shape index (κ3) is 3.61. The fourth-order valence-electron chi connectivity index (χ4n) is 2.07. The van der Waals surface area contributed by atoms with Gasteiger partial charge >= 0.3 is 0 Å². The minimum absolute atomic E-state index is 0.0829. The van der Waals surface area contributed by atoms with Gasteiger partial charge in [-0.1, -0.05) is 23.2 Å². The number of amides is 1. The van der Waals surface area contributed by atoms with Crippen molar-refractivity contribution < 1.29 is 4.79 Å². The van der Waals surface area contributed by atoms with Crippen molar-refractivity contribution in [3.05, 3.63) is 33.8 Å². The SMILES string of the molecule is O=C(NC1CCCNCC1)c1ccc(Cl)c(Cl)c1. The highest BCUT2D eigenvalue weighted by atomic mass is 35.5. The second-order valence-corrected chi connectivity index (χ2v) is 5.29. The summed E-state index contributed by atoms with van der Waals surface area (Å²) in [6.45, 7) is 1.98. The van der Waals surface area contributed by atoms with E-state index in [1.165, 1.54) is 0 Å².